The summed E-state index contributed by atoms with van der Waals surface area (Å²) in [6.45, 7) is 8.33. The van der Waals surface area contributed by atoms with Crippen molar-refractivity contribution >= 4 is 77.0 Å². The Balaban J connectivity index is 2.48. The number of carboxylic acids is 3. The summed E-state index contributed by atoms with van der Waals surface area (Å²) < 4.78 is 10.7. The molecule has 9 atom stereocenters. The predicted molar refractivity (Wildman–Crippen MR) is 293 cm³/mol. The summed E-state index contributed by atoms with van der Waals surface area (Å²) in [4.78, 5) is 170. The fourth-order valence-electron chi connectivity index (χ4n) is 8.18. The molecule has 0 spiro atoms. The molecule has 0 fully saturated rings. The van der Waals surface area contributed by atoms with Gasteiger partial charge in [0.05, 0.1) is 33.3 Å². The topological polar surface area (TPSA) is 456 Å². The van der Waals surface area contributed by atoms with Gasteiger partial charge in [-0.1, -0.05) is 64.1 Å². The number of nitrogens with one attached hydrogen (secondary N) is 9. The maximum Gasteiger partial charge on any atom is 0.305 e. The van der Waals surface area contributed by atoms with Gasteiger partial charge in [0.2, 0.25) is 59.1 Å². The molecular weight excluding hydrogens is 1090 g/mol. The Hall–Kier alpha value is -8.89. The van der Waals surface area contributed by atoms with Gasteiger partial charge in [0.1, 0.15) is 48.3 Å². The highest BCUT2D eigenvalue weighted by Gasteiger charge is 2.36. The maximum absolute atomic E-state index is 14.3. The van der Waals surface area contributed by atoms with E-state index in [9.17, 15) is 82.8 Å². The first kappa shape index (κ1) is 70.2. The Labute approximate surface area is 479 Å². The van der Waals surface area contributed by atoms with E-state index >= 15 is 0 Å². The highest BCUT2D eigenvalue weighted by Crippen LogP contribution is 2.28. The Kier molecular flexibility index (Phi) is 29.7. The van der Waals surface area contributed by atoms with E-state index in [0.717, 1.165) is 13.8 Å². The summed E-state index contributed by atoms with van der Waals surface area (Å²) in [7, 11) is 2.66. The molecule has 29 nitrogen and oxygen atoms in total. The van der Waals surface area contributed by atoms with Crippen molar-refractivity contribution in [1.82, 2.24) is 47.9 Å². The monoisotopic (exact) mass is 1170 g/mol. The molecule has 0 aliphatic heterocycles. The number of nitrogens with two attached hydrogens (primary N) is 1. The molecule has 2 aromatic carbocycles. The molecule has 15 N–H and O–H groups in total. The van der Waals surface area contributed by atoms with Gasteiger partial charge in [-0.25, -0.2) is 0 Å². The number of aliphatic carboxylic acids is 3. The van der Waals surface area contributed by atoms with Crippen molar-refractivity contribution in [3.8, 4) is 11.5 Å². The number of aliphatic hydroxyl groups is 1. The van der Waals surface area contributed by atoms with E-state index in [1.807, 2.05) is 0 Å². The van der Waals surface area contributed by atoms with Gasteiger partial charge in [-0.2, -0.15) is 0 Å². The minimum atomic E-state index is -1.91. The van der Waals surface area contributed by atoms with Crippen LogP contribution in [-0.2, 0) is 75.2 Å². The molecule has 2 rings (SSSR count). The molecule has 29 heteroatoms. The van der Waals surface area contributed by atoms with Gasteiger partial charge < -0.3 is 83.5 Å². The highest BCUT2D eigenvalue weighted by atomic mass is 16.5. The van der Waals surface area contributed by atoms with Crippen molar-refractivity contribution in [1.29, 1.82) is 0 Å². The molecule has 0 saturated carbocycles. The second-order valence-electron chi connectivity index (χ2n) is 20.3. The molecule has 0 bridgehead atoms. The number of carbonyl (C=O) groups is 13. The van der Waals surface area contributed by atoms with Crippen LogP contribution in [0.5, 0.6) is 11.5 Å². The fraction of sp³-hybridized carbons (Fsp3) is 0.537. The average molecular weight is 1170 g/mol. The van der Waals surface area contributed by atoms with E-state index in [0.29, 0.717) is 5.56 Å². The van der Waals surface area contributed by atoms with Crippen LogP contribution in [0.25, 0.3) is 0 Å². The molecule has 10 amide bonds. The molecule has 0 aliphatic carbocycles. The van der Waals surface area contributed by atoms with Gasteiger partial charge in [0, 0.05) is 32.6 Å². The Bertz CT molecular complexity index is 2620. The maximum atomic E-state index is 14.3. The second kappa shape index (κ2) is 35.1. The molecule has 0 aliphatic rings. The minimum Gasteiger partial charge on any atom is -0.493 e. The molecule has 0 heterocycles. The standard InChI is InChI=1S/C54H78N10O19/c1-27(2)20-35(47(55)74)60-51(78)37(22-31-12-10-9-11-13-31)61-48(75)33(15-18-43(68)69)58-42(67)26-56-54(81)46(29(5)65)64-53(80)38(23-32-14-17-40(82-7)41(24-32)83-8)62-49(76)34(16-19-44(70)71)59-52(79)39(25-45(72)73)63-50(77)36(21-28(3)4)57-30(6)66/h9-14,17,24,27-29,33-39,46,65H,15-16,18-23,25-26H2,1-8H3,(H2,55,74)(H,56,81)(H,57,66)(H,58,67)(H,59,79)(H,60,78)(H,61,75)(H,62,76)(H,63,77)(H,64,80)(H,68,69)(H,70,71)(H,72,73)/t29-,33+,34+,35+,36+,37+,38+,39+,46+/m1/s1. The lowest BCUT2D eigenvalue weighted by atomic mass is 10.0. The van der Waals surface area contributed by atoms with Crippen LogP contribution < -0.4 is 63.1 Å². The number of hydrogen-bond donors (Lipinski definition) is 14. The van der Waals surface area contributed by atoms with E-state index < -0.39 is 176 Å². The second-order valence-corrected chi connectivity index (χ2v) is 20.3. The molecule has 0 radical (unpaired) electrons. The van der Waals surface area contributed by atoms with Gasteiger partial charge >= 0.3 is 17.9 Å². The quantitative estimate of drug-likeness (QED) is 0.0337. The number of carboxylic acid groups (broad SMARTS) is 3. The first-order valence-electron chi connectivity index (χ1n) is 26.5. The third-order valence-electron chi connectivity index (χ3n) is 12.3. The van der Waals surface area contributed by atoms with E-state index in [2.05, 4.69) is 47.9 Å². The average Bonchev–Trinajstić information content (AvgIpc) is 3.54. The molecule has 2 aromatic rings. The summed E-state index contributed by atoms with van der Waals surface area (Å²) in [5.74, 6) is -14.4. The van der Waals surface area contributed by atoms with Crippen LogP contribution in [0, 0.1) is 11.8 Å². The lowest BCUT2D eigenvalue weighted by molar-refractivity contribution is -0.142. The van der Waals surface area contributed by atoms with Gasteiger partial charge in [0.15, 0.2) is 11.5 Å². The smallest absolute Gasteiger partial charge is 0.305 e. The SMILES string of the molecule is COc1ccc(C[C@H](NC(=O)[C@H](CCC(=O)O)NC(=O)[C@H](CC(=O)O)NC(=O)[C@H](CC(C)C)NC(C)=O)C(=O)N[C@H](C(=O)NCC(=O)N[C@@H](CCC(=O)O)C(=O)N[C@@H](Cc2ccccc2)C(=O)N[C@@H](CC(C)C)C(N)=O)[C@@H](C)O)cc1OC. The van der Waals surface area contributed by atoms with Crippen LogP contribution in [0.2, 0.25) is 0 Å². The number of hydrogen-bond acceptors (Lipinski definition) is 16. The van der Waals surface area contributed by atoms with Crippen molar-refractivity contribution in [2.24, 2.45) is 17.6 Å². The molecule has 0 unspecified atom stereocenters. The van der Waals surface area contributed by atoms with Gasteiger partial charge in [0.25, 0.3) is 0 Å². The number of methoxy groups -OCH3 is 2. The highest BCUT2D eigenvalue weighted by molar-refractivity contribution is 5.99. The van der Waals surface area contributed by atoms with Crippen LogP contribution in [-0.4, -0.2) is 173 Å². The van der Waals surface area contributed by atoms with Gasteiger partial charge in [-0.05, 0) is 67.7 Å². The number of primary amides is 1. The third-order valence-corrected chi connectivity index (χ3v) is 12.3. The molecule has 458 valence electrons. The first-order valence-corrected chi connectivity index (χ1v) is 26.5. The zero-order valence-electron chi connectivity index (χ0n) is 47.5. The van der Waals surface area contributed by atoms with Crippen LogP contribution >= 0.6 is 0 Å². The van der Waals surface area contributed by atoms with E-state index in [4.69, 9.17) is 15.2 Å². The number of ether oxygens (including phenoxy) is 2. The summed E-state index contributed by atoms with van der Waals surface area (Å²) in [6.07, 6.45) is -5.71. The lowest BCUT2D eigenvalue weighted by Crippen LogP contribution is -2.61. The van der Waals surface area contributed by atoms with E-state index in [1.165, 1.54) is 32.4 Å². The van der Waals surface area contributed by atoms with Crippen molar-refractivity contribution in [2.75, 3.05) is 20.8 Å². The number of aliphatic hydroxyl groups excluding tert-OH is 1. The number of rotatable bonds is 37. The predicted octanol–water partition coefficient (Wildman–Crippen LogP) is -2.33. The normalized spacial score (nSPS) is 14.2. The van der Waals surface area contributed by atoms with Crippen molar-refractivity contribution in [3.63, 3.8) is 0 Å². The van der Waals surface area contributed by atoms with Gasteiger partial charge in [-0.3, -0.25) is 62.3 Å². The molecule has 0 aromatic heterocycles. The van der Waals surface area contributed by atoms with Crippen LogP contribution in [0.1, 0.15) is 97.6 Å². The summed E-state index contributed by atoms with van der Waals surface area (Å²) in [6, 6.07) is -0.0203. The van der Waals surface area contributed by atoms with Crippen molar-refractivity contribution in [3.05, 3.63) is 59.7 Å². The zero-order valence-corrected chi connectivity index (χ0v) is 47.5. The number of carbonyl (C=O) groups excluding carboxylic acids is 10. The number of benzene rings is 2. The summed E-state index contributed by atoms with van der Waals surface area (Å²) in [5, 5.41) is 60.8. The molecular formula is C54H78N10O19. The van der Waals surface area contributed by atoms with E-state index in [1.54, 1.807) is 58.0 Å². The summed E-state index contributed by atoms with van der Waals surface area (Å²) in [5.41, 5.74) is 6.39. The van der Waals surface area contributed by atoms with Crippen LogP contribution in [0.15, 0.2) is 48.5 Å². The number of amides is 10. The van der Waals surface area contributed by atoms with Crippen molar-refractivity contribution in [2.45, 2.75) is 154 Å². The minimum absolute atomic E-state index is 0.0755. The van der Waals surface area contributed by atoms with Crippen molar-refractivity contribution < 1.29 is 92.2 Å². The zero-order chi connectivity index (χ0) is 62.7. The van der Waals surface area contributed by atoms with Crippen LogP contribution in [0.3, 0.4) is 0 Å². The summed E-state index contributed by atoms with van der Waals surface area (Å²) >= 11 is 0. The Morgan fingerprint density at radius 2 is 0.940 bits per heavy atom. The Morgan fingerprint density at radius 3 is 1.42 bits per heavy atom. The first-order chi connectivity index (χ1) is 38.9. The molecule has 83 heavy (non-hydrogen) atoms. The Morgan fingerprint density at radius 1 is 0.494 bits per heavy atom. The fourth-order valence-corrected chi connectivity index (χ4v) is 8.18. The largest absolute Gasteiger partial charge is 0.493 e. The van der Waals surface area contributed by atoms with E-state index in [-0.39, 0.29) is 48.2 Å². The van der Waals surface area contributed by atoms with Crippen LogP contribution in [0.4, 0.5) is 0 Å². The lowest BCUT2D eigenvalue weighted by Gasteiger charge is -2.28. The molecule has 0 saturated heterocycles. The van der Waals surface area contributed by atoms with Gasteiger partial charge in [-0.15, -0.1) is 0 Å². The third kappa shape index (κ3) is 26.1.